The lowest BCUT2D eigenvalue weighted by Crippen LogP contribution is -2.22. The van der Waals surface area contributed by atoms with Gasteiger partial charge in [0.25, 0.3) is 0 Å². The van der Waals surface area contributed by atoms with Crippen molar-refractivity contribution in [1.82, 2.24) is 0 Å². The lowest BCUT2D eigenvalue weighted by Gasteiger charge is -2.10. The molecule has 0 aliphatic rings. The van der Waals surface area contributed by atoms with Gasteiger partial charge in [-0.3, -0.25) is 4.79 Å². The van der Waals surface area contributed by atoms with E-state index in [1.807, 2.05) is 16.8 Å². The zero-order valence-electron chi connectivity index (χ0n) is 11.4. The summed E-state index contributed by atoms with van der Waals surface area (Å²) in [5.41, 5.74) is 1.51. The Balaban J connectivity index is 2.01. The summed E-state index contributed by atoms with van der Waals surface area (Å²) >= 11 is 1.57. The van der Waals surface area contributed by atoms with E-state index in [9.17, 15) is 9.59 Å². The molecule has 108 valence electrons. The van der Waals surface area contributed by atoms with Crippen LogP contribution in [0.4, 0.5) is 0 Å². The molecule has 1 atom stereocenters. The van der Waals surface area contributed by atoms with Crippen molar-refractivity contribution in [3.8, 4) is 5.75 Å². The molecule has 2 aromatic rings. The van der Waals surface area contributed by atoms with Crippen LogP contribution in [0.25, 0.3) is 6.08 Å². The van der Waals surface area contributed by atoms with Crippen molar-refractivity contribution in [2.24, 2.45) is 0 Å². The standard InChI is InChI=1S/C16H14O4S/c1-11(16(18)19)20-14-5-3-13(4-6-14)15(17)7-2-12-8-9-21-10-12/h2-11H,1H3,(H,18,19)/b7-2+. The van der Waals surface area contributed by atoms with Crippen molar-refractivity contribution in [2.45, 2.75) is 13.0 Å². The number of ketones is 1. The number of allylic oxidation sites excluding steroid dienone is 1. The molecule has 0 saturated heterocycles. The quantitative estimate of drug-likeness (QED) is 0.655. The summed E-state index contributed by atoms with van der Waals surface area (Å²) in [5, 5.41) is 12.7. The SMILES string of the molecule is CC(Oc1ccc(C(=O)/C=C/c2ccsc2)cc1)C(=O)O. The third-order valence-corrected chi connectivity index (χ3v) is 3.47. The lowest BCUT2D eigenvalue weighted by molar-refractivity contribution is -0.144. The fourth-order valence-corrected chi connectivity index (χ4v) is 2.22. The molecule has 1 aromatic heterocycles. The summed E-state index contributed by atoms with van der Waals surface area (Å²) in [6.45, 7) is 1.45. The molecule has 0 spiro atoms. The molecule has 0 radical (unpaired) electrons. The van der Waals surface area contributed by atoms with E-state index in [4.69, 9.17) is 9.84 Å². The van der Waals surface area contributed by atoms with Gasteiger partial charge in [-0.2, -0.15) is 11.3 Å². The maximum atomic E-state index is 12.0. The highest BCUT2D eigenvalue weighted by atomic mass is 32.1. The number of aliphatic carboxylic acids is 1. The summed E-state index contributed by atoms with van der Waals surface area (Å²) < 4.78 is 5.20. The molecule has 1 heterocycles. The smallest absolute Gasteiger partial charge is 0.344 e. The summed E-state index contributed by atoms with van der Waals surface area (Å²) in [6, 6.07) is 8.34. The Morgan fingerprint density at radius 3 is 2.52 bits per heavy atom. The molecule has 0 aliphatic heterocycles. The van der Waals surface area contributed by atoms with Crippen LogP contribution in [0.5, 0.6) is 5.75 Å². The largest absolute Gasteiger partial charge is 0.479 e. The number of carboxylic acids is 1. The molecule has 1 aromatic carbocycles. The van der Waals surface area contributed by atoms with E-state index in [0.717, 1.165) is 5.56 Å². The van der Waals surface area contributed by atoms with Gasteiger partial charge in [0.05, 0.1) is 0 Å². The molecule has 0 saturated carbocycles. The summed E-state index contributed by atoms with van der Waals surface area (Å²) in [4.78, 5) is 22.7. The highest BCUT2D eigenvalue weighted by Crippen LogP contribution is 2.15. The predicted molar refractivity (Wildman–Crippen MR) is 81.9 cm³/mol. The Bertz CT molecular complexity index is 641. The first-order valence-corrected chi connectivity index (χ1v) is 7.24. The van der Waals surface area contributed by atoms with Gasteiger partial charge in [0.2, 0.25) is 0 Å². The number of carboxylic acid groups (broad SMARTS) is 1. The molecular weight excluding hydrogens is 288 g/mol. The van der Waals surface area contributed by atoms with Crippen molar-refractivity contribution < 1.29 is 19.4 Å². The van der Waals surface area contributed by atoms with Gasteiger partial charge in [-0.15, -0.1) is 0 Å². The Labute approximate surface area is 126 Å². The van der Waals surface area contributed by atoms with Gasteiger partial charge in [0.1, 0.15) is 5.75 Å². The van der Waals surface area contributed by atoms with Crippen LogP contribution in [0.3, 0.4) is 0 Å². The molecule has 5 heteroatoms. The third kappa shape index (κ3) is 4.29. The Hall–Kier alpha value is -2.40. The van der Waals surface area contributed by atoms with Crippen LogP contribution in [0.2, 0.25) is 0 Å². The molecule has 2 rings (SSSR count). The fourth-order valence-electron chi connectivity index (χ4n) is 1.59. The van der Waals surface area contributed by atoms with Crippen LogP contribution in [0, 0.1) is 0 Å². The number of thiophene rings is 1. The first-order chi connectivity index (χ1) is 10.1. The van der Waals surface area contributed by atoms with Crippen LogP contribution in [-0.2, 0) is 4.79 Å². The lowest BCUT2D eigenvalue weighted by atomic mass is 10.1. The monoisotopic (exact) mass is 302 g/mol. The van der Waals surface area contributed by atoms with Gasteiger partial charge in [-0.05, 0) is 59.7 Å². The van der Waals surface area contributed by atoms with Crippen LogP contribution in [-0.4, -0.2) is 23.0 Å². The number of carbonyl (C=O) groups is 2. The maximum Gasteiger partial charge on any atom is 0.344 e. The van der Waals surface area contributed by atoms with E-state index in [-0.39, 0.29) is 5.78 Å². The number of hydrogen-bond donors (Lipinski definition) is 1. The van der Waals surface area contributed by atoms with Crippen LogP contribution >= 0.6 is 11.3 Å². The molecule has 1 N–H and O–H groups in total. The number of benzene rings is 1. The molecule has 0 amide bonds. The van der Waals surface area contributed by atoms with E-state index in [1.54, 1.807) is 41.7 Å². The normalized spacial score (nSPS) is 12.2. The second kappa shape index (κ2) is 6.85. The topological polar surface area (TPSA) is 63.6 Å². The van der Waals surface area contributed by atoms with Gasteiger partial charge < -0.3 is 9.84 Å². The number of rotatable bonds is 6. The van der Waals surface area contributed by atoms with E-state index in [1.165, 1.54) is 13.0 Å². The van der Waals surface area contributed by atoms with Crippen molar-refractivity contribution in [3.05, 3.63) is 58.3 Å². The molecule has 21 heavy (non-hydrogen) atoms. The summed E-state index contributed by atoms with van der Waals surface area (Å²) in [7, 11) is 0. The summed E-state index contributed by atoms with van der Waals surface area (Å²) in [5.74, 6) is -0.726. The van der Waals surface area contributed by atoms with Crippen molar-refractivity contribution in [3.63, 3.8) is 0 Å². The number of carbonyl (C=O) groups excluding carboxylic acids is 1. The van der Waals surface area contributed by atoms with Gasteiger partial charge in [0, 0.05) is 5.56 Å². The van der Waals surface area contributed by atoms with Crippen LogP contribution in [0.1, 0.15) is 22.8 Å². The minimum absolute atomic E-state index is 0.112. The average Bonchev–Trinajstić information content (AvgIpc) is 2.98. The molecule has 0 bridgehead atoms. The van der Waals surface area contributed by atoms with Gasteiger partial charge in [-0.1, -0.05) is 6.08 Å². The second-order valence-corrected chi connectivity index (χ2v) is 5.16. The zero-order valence-corrected chi connectivity index (χ0v) is 12.2. The first kappa shape index (κ1) is 15.0. The van der Waals surface area contributed by atoms with Crippen LogP contribution < -0.4 is 4.74 Å². The molecule has 4 nitrogen and oxygen atoms in total. The van der Waals surface area contributed by atoms with Crippen LogP contribution in [0.15, 0.2) is 47.2 Å². The van der Waals surface area contributed by atoms with E-state index in [0.29, 0.717) is 11.3 Å². The van der Waals surface area contributed by atoms with Gasteiger partial charge in [0.15, 0.2) is 11.9 Å². The van der Waals surface area contributed by atoms with Crippen molar-refractivity contribution in [2.75, 3.05) is 0 Å². The van der Waals surface area contributed by atoms with Gasteiger partial charge in [-0.25, -0.2) is 4.79 Å². The predicted octanol–water partition coefficient (Wildman–Crippen LogP) is 3.50. The molecule has 0 fully saturated rings. The third-order valence-electron chi connectivity index (χ3n) is 2.77. The molecular formula is C16H14O4S. The molecule has 1 unspecified atom stereocenters. The van der Waals surface area contributed by atoms with E-state index < -0.39 is 12.1 Å². The Morgan fingerprint density at radius 1 is 1.24 bits per heavy atom. The minimum Gasteiger partial charge on any atom is -0.479 e. The number of hydrogen-bond acceptors (Lipinski definition) is 4. The van der Waals surface area contributed by atoms with Gasteiger partial charge >= 0.3 is 5.97 Å². The zero-order chi connectivity index (χ0) is 15.2. The second-order valence-electron chi connectivity index (χ2n) is 4.38. The first-order valence-electron chi connectivity index (χ1n) is 6.30. The van der Waals surface area contributed by atoms with E-state index >= 15 is 0 Å². The Kier molecular flexibility index (Phi) is 4.90. The minimum atomic E-state index is -1.03. The highest BCUT2D eigenvalue weighted by Gasteiger charge is 2.12. The summed E-state index contributed by atoms with van der Waals surface area (Å²) in [6.07, 6.45) is 2.35. The van der Waals surface area contributed by atoms with E-state index in [2.05, 4.69) is 0 Å². The molecule has 0 aliphatic carbocycles. The fraction of sp³-hybridized carbons (Fsp3) is 0.125. The number of ether oxygens (including phenoxy) is 1. The van der Waals surface area contributed by atoms with Crippen molar-refractivity contribution >= 4 is 29.2 Å². The highest BCUT2D eigenvalue weighted by molar-refractivity contribution is 7.08. The maximum absolute atomic E-state index is 12.0. The Morgan fingerprint density at radius 2 is 1.95 bits per heavy atom. The average molecular weight is 302 g/mol. The van der Waals surface area contributed by atoms with Crippen molar-refractivity contribution in [1.29, 1.82) is 0 Å².